The summed E-state index contributed by atoms with van der Waals surface area (Å²) in [6.45, 7) is 0. The molecule has 1 aromatic carbocycles. The second kappa shape index (κ2) is 5.92. The summed E-state index contributed by atoms with van der Waals surface area (Å²) in [5.74, 6) is -0.278. The van der Waals surface area contributed by atoms with Gasteiger partial charge in [0.15, 0.2) is 0 Å². The summed E-state index contributed by atoms with van der Waals surface area (Å²) in [5, 5.41) is 2.78. The second-order valence-corrected chi connectivity index (χ2v) is 4.36. The van der Waals surface area contributed by atoms with E-state index in [0.29, 0.717) is 5.69 Å². The van der Waals surface area contributed by atoms with Crippen molar-refractivity contribution in [3.63, 3.8) is 0 Å². The molecule has 5 nitrogen and oxygen atoms in total. The van der Waals surface area contributed by atoms with Crippen molar-refractivity contribution in [3.05, 3.63) is 73.1 Å². The molecule has 0 aliphatic heterocycles. The molecule has 5 heteroatoms. The third kappa shape index (κ3) is 3.09. The van der Waals surface area contributed by atoms with Gasteiger partial charge in [-0.15, -0.1) is 0 Å². The van der Waals surface area contributed by atoms with Crippen molar-refractivity contribution in [1.29, 1.82) is 0 Å². The normalized spacial score (nSPS) is 10.1. The maximum absolute atomic E-state index is 11.9. The van der Waals surface area contributed by atoms with Crippen LogP contribution < -0.4 is 5.32 Å². The standard InChI is InChI=1S/C16H12N4O/c21-16(15-11-18-9-10-19-15)20-14-3-1-12(2-4-14)13-5-7-17-8-6-13/h1-11H,(H,20,21). The SMILES string of the molecule is O=C(Nc1ccc(-c2ccncc2)cc1)c1cnccn1. The Morgan fingerprint density at radius 2 is 1.52 bits per heavy atom. The number of anilines is 1. The van der Waals surface area contributed by atoms with Crippen LogP contribution in [0, 0.1) is 0 Å². The molecule has 0 saturated carbocycles. The molecule has 0 saturated heterocycles. The molecule has 2 aromatic heterocycles. The minimum Gasteiger partial charge on any atom is -0.321 e. The molecule has 0 bridgehead atoms. The first-order valence-electron chi connectivity index (χ1n) is 6.41. The summed E-state index contributed by atoms with van der Waals surface area (Å²) in [7, 11) is 0. The second-order valence-electron chi connectivity index (χ2n) is 4.36. The summed E-state index contributed by atoms with van der Waals surface area (Å²) in [6.07, 6.45) is 7.95. The van der Waals surface area contributed by atoms with Crippen LogP contribution in [0.15, 0.2) is 67.4 Å². The van der Waals surface area contributed by atoms with Crippen LogP contribution in [0.2, 0.25) is 0 Å². The van der Waals surface area contributed by atoms with E-state index in [2.05, 4.69) is 20.3 Å². The van der Waals surface area contributed by atoms with Gasteiger partial charge in [0.2, 0.25) is 0 Å². The number of hydrogen-bond donors (Lipinski definition) is 1. The highest BCUT2D eigenvalue weighted by Crippen LogP contribution is 2.20. The molecule has 0 fully saturated rings. The lowest BCUT2D eigenvalue weighted by atomic mass is 10.1. The minimum atomic E-state index is -0.278. The number of benzene rings is 1. The number of aromatic nitrogens is 3. The van der Waals surface area contributed by atoms with E-state index >= 15 is 0 Å². The topological polar surface area (TPSA) is 67.8 Å². The molecular formula is C16H12N4O. The summed E-state index contributed by atoms with van der Waals surface area (Å²) in [6, 6.07) is 11.5. The number of rotatable bonds is 3. The van der Waals surface area contributed by atoms with Crippen molar-refractivity contribution in [2.75, 3.05) is 5.32 Å². The largest absolute Gasteiger partial charge is 0.321 e. The summed E-state index contributed by atoms with van der Waals surface area (Å²) < 4.78 is 0. The van der Waals surface area contributed by atoms with Gasteiger partial charge < -0.3 is 5.32 Å². The van der Waals surface area contributed by atoms with E-state index in [1.54, 1.807) is 12.4 Å². The van der Waals surface area contributed by atoms with Gasteiger partial charge in [0.1, 0.15) is 5.69 Å². The fourth-order valence-electron chi connectivity index (χ4n) is 1.90. The van der Waals surface area contributed by atoms with Crippen molar-refractivity contribution in [3.8, 4) is 11.1 Å². The summed E-state index contributed by atoms with van der Waals surface area (Å²) in [4.78, 5) is 23.8. The Hall–Kier alpha value is -3.08. The Bertz CT molecular complexity index is 727. The highest BCUT2D eigenvalue weighted by Gasteiger charge is 2.07. The van der Waals surface area contributed by atoms with Crippen LogP contribution in [-0.2, 0) is 0 Å². The predicted molar refractivity (Wildman–Crippen MR) is 79.7 cm³/mol. The lowest BCUT2D eigenvalue weighted by Crippen LogP contribution is -2.13. The Balaban J connectivity index is 1.75. The quantitative estimate of drug-likeness (QED) is 0.798. The molecule has 3 aromatic rings. The average molecular weight is 276 g/mol. The van der Waals surface area contributed by atoms with E-state index < -0.39 is 0 Å². The van der Waals surface area contributed by atoms with E-state index in [1.165, 1.54) is 18.6 Å². The molecule has 0 unspecified atom stereocenters. The molecule has 1 amide bonds. The molecule has 0 atom stereocenters. The fraction of sp³-hybridized carbons (Fsp3) is 0. The predicted octanol–water partition coefficient (Wildman–Crippen LogP) is 2.79. The first kappa shape index (κ1) is 12.9. The number of pyridine rings is 1. The first-order chi connectivity index (χ1) is 10.3. The molecule has 2 heterocycles. The lowest BCUT2D eigenvalue weighted by molar-refractivity contribution is 0.102. The van der Waals surface area contributed by atoms with Gasteiger partial charge in [-0.1, -0.05) is 12.1 Å². The number of amides is 1. The monoisotopic (exact) mass is 276 g/mol. The van der Waals surface area contributed by atoms with Crippen molar-refractivity contribution in [2.45, 2.75) is 0 Å². The minimum absolute atomic E-state index is 0.278. The van der Waals surface area contributed by atoms with E-state index in [1.807, 2.05) is 36.4 Å². The van der Waals surface area contributed by atoms with Crippen LogP contribution >= 0.6 is 0 Å². The van der Waals surface area contributed by atoms with Crippen LogP contribution in [0.3, 0.4) is 0 Å². The van der Waals surface area contributed by atoms with Crippen molar-refractivity contribution in [1.82, 2.24) is 15.0 Å². The molecular weight excluding hydrogens is 264 g/mol. The van der Waals surface area contributed by atoms with E-state index in [4.69, 9.17) is 0 Å². The molecule has 0 radical (unpaired) electrons. The Labute approximate surface area is 121 Å². The number of carbonyl (C=O) groups excluding carboxylic acids is 1. The van der Waals surface area contributed by atoms with Crippen molar-refractivity contribution >= 4 is 11.6 Å². The molecule has 0 spiro atoms. The van der Waals surface area contributed by atoms with E-state index in [0.717, 1.165) is 11.1 Å². The van der Waals surface area contributed by atoms with Gasteiger partial charge >= 0.3 is 0 Å². The van der Waals surface area contributed by atoms with Crippen molar-refractivity contribution in [2.24, 2.45) is 0 Å². The molecule has 3 rings (SSSR count). The first-order valence-corrected chi connectivity index (χ1v) is 6.41. The number of nitrogens with one attached hydrogen (secondary N) is 1. The van der Waals surface area contributed by atoms with Crippen molar-refractivity contribution < 1.29 is 4.79 Å². The number of carbonyl (C=O) groups is 1. The third-order valence-corrected chi connectivity index (χ3v) is 2.95. The molecule has 0 aliphatic rings. The smallest absolute Gasteiger partial charge is 0.275 e. The highest BCUT2D eigenvalue weighted by molar-refractivity contribution is 6.02. The van der Waals surface area contributed by atoms with Gasteiger partial charge in [0.25, 0.3) is 5.91 Å². The molecule has 21 heavy (non-hydrogen) atoms. The Kier molecular flexibility index (Phi) is 3.64. The van der Waals surface area contributed by atoms with Gasteiger partial charge in [0.05, 0.1) is 6.20 Å². The van der Waals surface area contributed by atoms with Crippen LogP contribution in [0.5, 0.6) is 0 Å². The van der Waals surface area contributed by atoms with Gasteiger partial charge in [-0.25, -0.2) is 4.98 Å². The van der Waals surface area contributed by atoms with Gasteiger partial charge in [-0.05, 0) is 35.4 Å². The highest BCUT2D eigenvalue weighted by atomic mass is 16.1. The molecule has 0 aliphatic carbocycles. The van der Waals surface area contributed by atoms with Crippen LogP contribution in [0.1, 0.15) is 10.5 Å². The zero-order valence-corrected chi connectivity index (χ0v) is 11.1. The van der Waals surface area contributed by atoms with Gasteiger partial charge in [-0.2, -0.15) is 0 Å². The summed E-state index contributed by atoms with van der Waals surface area (Å²) >= 11 is 0. The molecule has 1 N–H and O–H groups in total. The maximum atomic E-state index is 11.9. The van der Waals surface area contributed by atoms with Gasteiger partial charge in [-0.3, -0.25) is 14.8 Å². The van der Waals surface area contributed by atoms with Crippen LogP contribution in [-0.4, -0.2) is 20.9 Å². The maximum Gasteiger partial charge on any atom is 0.275 e. The molecule has 102 valence electrons. The summed E-state index contributed by atoms with van der Waals surface area (Å²) in [5.41, 5.74) is 3.14. The Morgan fingerprint density at radius 1 is 0.810 bits per heavy atom. The Morgan fingerprint density at radius 3 is 2.19 bits per heavy atom. The zero-order chi connectivity index (χ0) is 14.5. The van der Waals surface area contributed by atoms with Crippen LogP contribution in [0.4, 0.5) is 5.69 Å². The van der Waals surface area contributed by atoms with E-state index in [9.17, 15) is 4.79 Å². The fourth-order valence-corrected chi connectivity index (χ4v) is 1.90. The zero-order valence-electron chi connectivity index (χ0n) is 11.1. The van der Waals surface area contributed by atoms with Gasteiger partial charge in [0, 0.05) is 30.5 Å². The lowest BCUT2D eigenvalue weighted by Gasteiger charge is -2.06. The van der Waals surface area contributed by atoms with E-state index in [-0.39, 0.29) is 11.6 Å². The van der Waals surface area contributed by atoms with Crippen LogP contribution in [0.25, 0.3) is 11.1 Å². The number of nitrogens with zero attached hydrogens (tertiary/aromatic N) is 3. The average Bonchev–Trinajstić information content (AvgIpc) is 2.57. The number of hydrogen-bond acceptors (Lipinski definition) is 4. The third-order valence-electron chi connectivity index (χ3n) is 2.95.